The van der Waals surface area contributed by atoms with Crippen LogP contribution in [0, 0.1) is 0 Å². The van der Waals surface area contributed by atoms with Gasteiger partial charge in [0.15, 0.2) is 0 Å². The van der Waals surface area contributed by atoms with Gasteiger partial charge in [0.05, 0.1) is 32.8 Å². The molecule has 0 aliphatic heterocycles. The molecule has 9 nitrogen and oxygen atoms in total. The second kappa shape index (κ2) is 38.1. The minimum atomic E-state index is -4.55. The molecule has 3 unspecified atom stereocenters. The van der Waals surface area contributed by atoms with Crippen molar-refractivity contribution in [2.45, 2.75) is 129 Å². The molecular weight excluding hydrogens is 679 g/mol. The van der Waals surface area contributed by atoms with E-state index >= 15 is 0 Å². The van der Waals surface area contributed by atoms with E-state index in [0.717, 1.165) is 77.0 Å². The van der Waals surface area contributed by atoms with E-state index in [9.17, 15) is 19.4 Å². The number of aliphatic hydroxyl groups excluding tert-OH is 2. The Hall–Kier alpha value is -2.62. The van der Waals surface area contributed by atoms with E-state index in [2.05, 4.69) is 92.8 Å². The molecule has 0 bridgehead atoms. The lowest BCUT2D eigenvalue weighted by atomic mass is 10.1. The molecule has 0 saturated carbocycles. The fraction of sp³-hybridized carbons (Fsp3) is 0.595. The van der Waals surface area contributed by atoms with Crippen molar-refractivity contribution >= 4 is 13.8 Å². The molecule has 0 aromatic carbocycles. The molecule has 296 valence electrons. The van der Waals surface area contributed by atoms with E-state index in [0.29, 0.717) is 13.0 Å². The van der Waals surface area contributed by atoms with E-state index in [4.69, 9.17) is 23.6 Å². The van der Waals surface area contributed by atoms with Gasteiger partial charge in [-0.15, -0.1) is 0 Å². The van der Waals surface area contributed by atoms with Gasteiger partial charge in [0.25, 0.3) is 0 Å². The third-order valence-electron chi connectivity index (χ3n) is 7.30. The summed E-state index contributed by atoms with van der Waals surface area (Å²) >= 11 is 0. The second-order valence-electron chi connectivity index (χ2n) is 12.2. The van der Waals surface area contributed by atoms with Gasteiger partial charge in [-0.05, 0) is 70.6 Å². The van der Waals surface area contributed by atoms with Crippen LogP contribution in [0.5, 0.6) is 0 Å². The third kappa shape index (κ3) is 37.1. The zero-order chi connectivity index (χ0) is 38.2. The van der Waals surface area contributed by atoms with Crippen molar-refractivity contribution in [1.29, 1.82) is 0 Å². The van der Waals surface area contributed by atoms with Crippen molar-refractivity contribution in [2.24, 2.45) is 0 Å². The Bertz CT molecular complexity index is 1120. The molecule has 0 amide bonds. The molecule has 0 fully saturated rings. The largest absolute Gasteiger partial charge is 0.472 e. The van der Waals surface area contributed by atoms with Gasteiger partial charge >= 0.3 is 13.8 Å². The lowest BCUT2D eigenvalue weighted by Gasteiger charge is -2.20. The molecule has 0 radical (unpaired) electrons. The lowest BCUT2D eigenvalue weighted by Crippen LogP contribution is -2.28. The Morgan fingerprint density at radius 3 is 1.56 bits per heavy atom. The van der Waals surface area contributed by atoms with Crippen LogP contribution in [0.2, 0.25) is 0 Å². The number of unbranched alkanes of at least 4 members (excludes halogenated alkanes) is 6. The van der Waals surface area contributed by atoms with Gasteiger partial charge < -0.3 is 24.6 Å². The van der Waals surface area contributed by atoms with E-state index < -0.39 is 45.8 Å². The average Bonchev–Trinajstić information content (AvgIpc) is 3.13. The van der Waals surface area contributed by atoms with Gasteiger partial charge in [0, 0.05) is 6.61 Å². The molecule has 3 atom stereocenters. The Balaban J connectivity index is 4.42. The predicted octanol–water partition coefficient (Wildman–Crippen LogP) is 10.1. The standard InChI is InChI=1S/C42H69O9P/c1-3-5-7-9-11-13-15-17-19-21-23-25-27-29-31-33-35-48-38-41(39-50-52(46,47)49-37-40(44)36-43)51-42(45)34-32-30-28-26-24-22-20-18-16-14-12-10-8-6-4-2/h5-8,11-14,17-20,24,26,30,32,40-41,43-44H,3-4,9-10,15-16,21-23,25,27-29,31,33-39H2,1-2H3,(H,46,47)/b7-5-,8-6-,13-11-,14-12-,19-17-,20-18-,26-24-,32-30-. The summed E-state index contributed by atoms with van der Waals surface area (Å²) in [5.41, 5.74) is 0. The van der Waals surface area contributed by atoms with Crippen LogP contribution in [0.25, 0.3) is 0 Å². The molecule has 0 rings (SSSR count). The monoisotopic (exact) mass is 748 g/mol. The first-order valence-electron chi connectivity index (χ1n) is 19.2. The van der Waals surface area contributed by atoms with Gasteiger partial charge in [-0.25, -0.2) is 4.57 Å². The van der Waals surface area contributed by atoms with Gasteiger partial charge in [-0.3, -0.25) is 13.8 Å². The summed E-state index contributed by atoms with van der Waals surface area (Å²) in [5.74, 6) is -0.519. The highest BCUT2D eigenvalue weighted by atomic mass is 31.2. The zero-order valence-electron chi connectivity index (χ0n) is 32.0. The second-order valence-corrected chi connectivity index (χ2v) is 13.7. The van der Waals surface area contributed by atoms with Crippen molar-refractivity contribution < 1.29 is 43.0 Å². The molecule has 0 saturated heterocycles. The number of aliphatic hydroxyl groups is 2. The van der Waals surface area contributed by atoms with Crippen LogP contribution in [0.3, 0.4) is 0 Å². The van der Waals surface area contributed by atoms with Crippen molar-refractivity contribution in [2.75, 3.05) is 33.0 Å². The van der Waals surface area contributed by atoms with Crippen LogP contribution in [0.1, 0.15) is 117 Å². The zero-order valence-corrected chi connectivity index (χ0v) is 32.9. The summed E-state index contributed by atoms with van der Waals surface area (Å²) in [4.78, 5) is 22.4. The number of hydrogen-bond donors (Lipinski definition) is 3. The number of allylic oxidation sites excluding steroid dienone is 15. The van der Waals surface area contributed by atoms with Gasteiger partial charge in [-0.2, -0.15) is 0 Å². The first-order valence-corrected chi connectivity index (χ1v) is 20.7. The summed E-state index contributed by atoms with van der Waals surface area (Å²) in [7, 11) is -4.55. The van der Waals surface area contributed by atoms with Gasteiger partial charge in [0.1, 0.15) is 12.2 Å². The fourth-order valence-corrected chi connectivity index (χ4v) is 5.23. The smallest absolute Gasteiger partial charge is 0.457 e. The number of phosphoric acid groups is 1. The van der Waals surface area contributed by atoms with Crippen LogP contribution in [-0.2, 0) is 27.9 Å². The van der Waals surface area contributed by atoms with Crippen molar-refractivity contribution in [3.8, 4) is 0 Å². The number of carbonyl (C=O) groups excluding carboxylic acids is 1. The Morgan fingerprint density at radius 2 is 1.04 bits per heavy atom. The van der Waals surface area contributed by atoms with Crippen LogP contribution in [-0.4, -0.2) is 66.3 Å². The van der Waals surface area contributed by atoms with Crippen molar-refractivity contribution in [1.82, 2.24) is 0 Å². The SMILES string of the molecule is CC/C=C\C/C=C\C/C=C\C/C=C\C/C=C\CC(=O)OC(COCCCCCCCC/C=C\C/C=C\C/C=C\CC)COP(=O)(O)OCC(O)CO. The topological polar surface area (TPSA) is 132 Å². The van der Waals surface area contributed by atoms with Crippen molar-refractivity contribution in [3.05, 3.63) is 97.2 Å². The summed E-state index contributed by atoms with van der Waals surface area (Å²) in [6.07, 6.45) is 46.8. The van der Waals surface area contributed by atoms with E-state index in [-0.39, 0.29) is 13.0 Å². The highest BCUT2D eigenvalue weighted by Gasteiger charge is 2.26. The number of phosphoric ester groups is 1. The van der Waals surface area contributed by atoms with Crippen molar-refractivity contribution in [3.63, 3.8) is 0 Å². The minimum Gasteiger partial charge on any atom is -0.457 e. The molecule has 0 aliphatic rings. The minimum absolute atomic E-state index is 0.00631. The number of esters is 1. The predicted molar refractivity (Wildman–Crippen MR) is 214 cm³/mol. The summed E-state index contributed by atoms with van der Waals surface area (Å²) in [6.45, 7) is 3.08. The lowest BCUT2D eigenvalue weighted by molar-refractivity contribution is -0.153. The maximum Gasteiger partial charge on any atom is 0.472 e. The first-order chi connectivity index (χ1) is 25.3. The molecule has 10 heteroatoms. The Kier molecular flexibility index (Phi) is 36.2. The summed E-state index contributed by atoms with van der Waals surface area (Å²) in [5, 5.41) is 18.3. The Morgan fingerprint density at radius 1 is 0.596 bits per heavy atom. The fourth-order valence-electron chi connectivity index (χ4n) is 4.44. The molecule has 0 spiro atoms. The summed E-state index contributed by atoms with van der Waals surface area (Å²) in [6, 6.07) is 0. The maximum absolute atomic E-state index is 12.5. The highest BCUT2D eigenvalue weighted by molar-refractivity contribution is 7.47. The van der Waals surface area contributed by atoms with E-state index in [1.807, 2.05) is 12.2 Å². The number of ether oxygens (including phenoxy) is 2. The molecule has 3 N–H and O–H groups in total. The van der Waals surface area contributed by atoms with E-state index in [1.54, 1.807) is 6.08 Å². The third-order valence-corrected chi connectivity index (χ3v) is 8.25. The first kappa shape index (κ1) is 49.4. The van der Waals surface area contributed by atoms with Crippen LogP contribution >= 0.6 is 7.82 Å². The van der Waals surface area contributed by atoms with Crippen LogP contribution in [0.15, 0.2) is 97.2 Å². The molecular formula is C42H69O9P. The highest BCUT2D eigenvalue weighted by Crippen LogP contribution is 2.43. The quantitative estimate of drug-likeness (QED) is 0.0251. The van der Waals surface area contributed by atoms with Crippen LogP contribution < -0.4 is 0 Å². The molecule has 0 aromatic heterocycles. The number of rotatable bonds is 35. The molecule has 0 aliphatic carbocycles. The molecule has 0 aromatic rings. The van der Waals surface area contributed by atoms with E-state index in [1.165, 1.54) is 12.8 Å². The number of carbonyl (C=O) groups is 1. The number of hydrogen-bond acceptors (Lipinski definition) is 8. The summed E-state index contributed by atoms with van der Waals surface area (Å²) < 4.78 is 33.1. The van der Waals surface area contributed by atoms with Crippen LogP contribution in [0.4, 0.5) is 0 Å². The normalized spacial score (nSPS) is 15.2. The molecule has 0 heterocycles. The van der Waals surface area contributed by atoms with Gasteiger partial charge in [-0.1, -0.05) is 137 Å². The Labute approximate surface area is 315 Å². The average molecular weight is 749 g/mol. The maximum atomic E-state index is 12.5. The van der Waals surface area contributed by atoms with Gasteiger partial charge in [0.2, 0.25) is 0 Å². The molecule has 52 heavy (non-hydrogen) atoms.